The van der Waals surface area contributed by atoms with Crippen LogP contribution in [0.4, 0.5) is 5.69 Å². The van der Waals surface area contributed by atoms with Gasteiger partial charge in [-0.25, -0.2) is 0 Å². The molecule has 1 rings (SSSR count). The highest BCUT2D eigenvalue weighted by Gasteiger charge is 2.03. The van der Waals surface area contributed by atoms with Crippen LogP contribution in [0.3, 0.4) is 0 Å². The van der Waals surface area contributed by atoms with Gasteiger partial charge in [0.2, 0.25) is 0 Å². The van der Waals surface area contributed by atoms with E-state index in [0.717, 1.165) is 16.8 Å². The van der Waals surface area contributed by atoms with E-state index in [1.807, 2.05) is 26.0 Å². The number of aromatic hydroxyl groups is 1. The average Bonchev–Trinajstić information content (AvgIpc) is 2.14. The minimum atomic E-state index is 0.339. The molecule has 3 nitrogen and oxygen atoms in total. The Balaban J connectivity index is 2.95. The van der Waals surface area contributed by atoms with Crippen molar-refractivity contribution in [1.82, 2.24) is 5.32 Å². The van der Waals surface area contributed by atoms with Crippen molar-refractivity contribution in [2.45, 2.75) is 13.8 Å². The topological polar surface area (TPSA) is 44.3 Å². The van der Waals surface area contributed by atoms with Gasteiger partial charge in [-0.1, -0.05) is 0 Å². The molecule has 0 unspecified atom stereocenters. The van der Waals surface area contributed by atoms with Crippen molar-refractivity contribution in [3.8, 4) is 5.75 Å². The summed E-state index contributed by atoms with van der Waals surface area (Å²) in [6.07, 6.45) is 0. The van der Waals surface area contributed by atoms with Crippen molar-refractivity contribution >= 4 is 23.0 Å². The lowest BCUT2D eigenvalue weighted by atomic mass is 10.1. The molecule has 0 fully saturated rings. The first-order chi connectivity index (χ1) is 6.54. The summed E-state index contributed by atoms with van der Waals surface area (Å²) in [6.45, 7) is 3.71. The van der Waals surface area contributed by atoms with Crippen LogP contribution in [0.1, 0.15) is 11.1 Å². The molecule has 76 valence electrons. The van der Waals surface area contributed by atoms with Gasteiger partial charge in [0.25, 0.3) is 0 Å². The molecule has 0 aromatic heterocycles. The highest BCUT2D eigenvalue weighted by Crippen LogP contribution is 2.25. The maximum atomic E-state index is 9.55. The van der Waals surface area contributed by atoms with Crippen LogP contribution in [0.2, 0.25) is 0 Å². The van der Waals surface area contributed by atoms with E-state index in [1.54, 1.807) is 7.05 Å². The van der Waals surface area contributed by atoms with Crippen LogP contribution in [0.15, 0.2) is 12.1 Å². The van der Waals surface area contributed by atoms with Crippen LogP contribution in [0.5, 0.6) is 5.75 Å². The third-order valence-electron chi connectivity index (χ3n) is 1.98. The number of hydrogen-bond acceptors (Lipinski definition) is 2. The molecule has 0 bridgehead atoms. The van der Waals surface area contributed by atoms with Crippen molar-refractivity contribution in [3.05, 3.63) is 23.3 Å². The number of rotatable bonds is 1. The van der Waals surface area contributed by atoms with Gasteiger partial charge in [-0.3, -0.25) is 0 Å². The Hall–Kier alpha value is -1.29. The van der Waals surface area contributed by atoms with E-state index in [1.165, 1.54) is 0 Å². The molecule has 0 aliphatic carbocycles. The molecular formula is C10H14N2OS. The van der Waals surface area contributed by atoms with Crippen LogP contribution in [-0.4, -0.2) is 17.3 Å². The second-order valence-electron chi connectivity index (χ2n) is 3.16. The quantitative estimate of drug-likeness (QED) is 0.489. The molecule has 0 atom stereocenters. The Labute approximate surface area is 89.1 Å². The summed E-state index contributed by atoms with van der Waals surface area (Å²) in [6, 6.07) is 3.71. The second kappa shape index (κ2) is 4.28. The van der Waals surface area contributed by atoms with Crippen LogP contribution in [0.25, 0.3) is 0 Å². The summed E-state index contributed by atoms with van der Waals surface area (Å²) in [5.74, 6) is 0.339. The summed E-state index contributed by atoms with van der Waals surface area (Å²) < 4.78 is 0. The van der Waals surface area contributed by atoms with E-state index in [0.29, 0.717) is 10.9 Å². The van der Waals surface area contributed by atoms with Crippen molar-refractivity contribution in [3.63, 3.8) is 0 Å². The zero-order chi connectivity index (χ0) is 10.7. The SMILES string of the molecule is CNC(=S)Nc1cc(C)c(O)c(C)c1. The normalized spacial score (nSPS) is 9.64. The molecule has 14 heavy (non-hydrogen) atoms. The van der Waals surface area contributed by atoms with E-state index >= 15 is 0 Å². The van der Waals surface area contributed by atoms with Crippen LogP contribution in [-0.2, 0) is 0 Å². The summed E-state index contributed by atoms with van der Waals surface area (Å²) >= 11 is 4.97. The van der Waals surface area contributed by atoms with Gasteiger partial charge >= 0.3 is 0 Å². The van der Waals surface area contributed by atoms with Gasteiger partial charge < -0.3 is 15.7 Å². The third kappa shape index (κ3) is 2.35. The van der Waals surface area contributed by atoms with Gasteiger partial charge in [-0.15, -0.1) is 0 Å². The number of anilines is 1. The molecule has 0 aliphatic heterocycles. The molecule has 0 aliphatic rings. The molecule has 1 aromatic carbocycles. The number of aryl methyl sites for hydroxylation is 2. The summed E-state index contributed by atoms with van der Waals surface area (Å²) in [4.78, 5) is 0. The molecule has 0 amide bonds. The molecule has 0 radical (unpaired) electrons. The van der Waals surface area contributed by atoms with Crippen molar-refractivity contribution in [2.24, 2.45) is 0 Å². The van der Waals surface area contributed by atoms with Crippen molar-refractivity contribution in [1.29, 1.82) is 0 Å². The zero-order valence-electron chi connectivity index (χ0n) is 8.51. The maximum absolute atomic E-state index is 9.55. The van der Waals surface area contributed by atoms with E-state index < -0.39 is 0 Å². The largest absolute Gasteiger partial charge is 0.507 e. The summed E-state index contributed by atoms with van der Waals surface area (Å²) in [5, 5.41) is 15.9. The van der Waals surface area contributed by atoms with Gasteiger partial charge in [0.1, 0.15) is 5.75 Å². The molecule has 1 aromatic rings. The lowest BCUT2D eigenvalue weighted by Crippen LogP contribution is -2.24. The number of nitrogens with one attached hydrogen (secondary N) is 2. The molecule has 0 heterocycles. The van der Waals surface area contributed by atoms with Gasteiger partial charge in [-0.2, -0.15) is 0 Å². The second-order valence-corrected chi connectivity index (χ2v) is 3.57. The highest BCUT2D eigenvalue weighted by molar-refractivity contribution is 7.80. The number of benzene rings is 1. The minimum absolute atomic E-state index is 0.339. The van der Waals surface area contributed by atoms with Crippen molar-refractivity contribution < 1.29 is 5.11 Å². The zero-order valence-corrected chi connectivity index (χ0v) is 9.33. The van der Waals surface area contributed by atoms with Crippen LogP contribution >= 0.6 is 12.2 Å². The molecule has 3 N–H and O–H groups in total. The first-order valence-electron chi connectivity index (χ1n) is 4.33. The first kappa shape index (κ1) is 10.8. The van der Waals surface area contributed by atoms with Gasteiger partial charge in [-0.05, 0) is 49.3 Å². The number of thiocarbonyl (C=S) groups is 1. The fourth-order valence-electron chi connectivity index (χ4n) is 1.22. The summed E-state index contributed by atoms with van der Waals surface area (Å²) in [7, 11) is 1.76. The standard InChI is InChI=1S/C10H14N2OS/c1-6-4-8(12-10(14)11-3)5-7(2)9(6)13/h4-5,13H,1-3H3,(H2,11,12,14). The Morgan fingerprint density at radius 1 is 1.29 bits per heavy atom. The smallest absolute Gasteiger partial charge is 0.170 e. The fraction of sp³-hybridized carbons (Fsp3) is 0.300. The van der Waals surface area contributed by atoms with Crippen LogP contribution in [0, 0.1) is 13.8 Å². The van der Waals surface area contributed by atoms with E-state index in [9.17, 15) is 5.11 Å². The van der Waals surface area contributed by atoms with Gasteiger partial charge in [0, 0.05) is 12.7 Å². The fourth-order valence-corrected chi connectivity index (χ4v) is 1.34. The number of phenolic OH excluding ortho intramolecular Hbond substituents is 1. The third-order valence-corrected chi connectivity index (χ3v) is 2.28. The maximum Gasteiger partial charge on any atom is 0.170 e. The van der Waals surface area contributed by atoms with E-state index in [4.69, 9.17) is 12.2 Å². The Kier molecular flexibility index (Phi) is 3.30. The Bertz CT molecular complexity index is 340. The number of phenols is 1. The average molecular weight is 210 g/mol. The van der Waals surface area contributed by atoms with E-state index in [2.05, 4.69) is 10.6 Å². The lowest BCUT2D eigenvalue weighted by molar-refractivity contribution is 0.467. The monoisotopic (exact) mass is 210 g/mol. The lowest BCUT2D eigenvalue weighted by Gasteiger charge is -2.10. The van der Waals surface area contributed by atoms with Gasteiger partial charge in [0.15, 0.2) is 5.11 Å². The molecule has 0 spiro atoms. The highest BCUT2D eigenvalue weighted by atomic mass is 32.1. The molecule has 0 saturated heterocycles. The minimum Gasteiger partial charge on any atom is -0.507 e. The Morgan fingerprint density at radius 3 is 2.21 bits per heavy atom. The predicted octanol–water partition coefficient (Wildman–Crippen LogP) is 1.93. The first-order valence-corrected chi connectivity index (χ1v) is 4.74. The van der Waals surface area contributed by atoms with Crippen LogP contribution < -0.4 is 10.6 Å². The molecular weight excluding hydrogens is 196 g/mol. The van der Waals surface area contributed by atoms with Crippen molar-refractivity contribution in [2.75, 3.05) is 12.4 Å². The van der Waals surface area contributed by atoms with E-state index in [-0.39, 0.29) is 0 Å². The molecule has 0 saturated carbocycles. The molecule has 4 heteroatoms. The predicted molar refractivity (Wildman–Crippen MR) is 62.9 cm³/mol. The number of hydrogen-bond donors (Lipinski definition) is 3. The Morgan fingerprint density at radius 2 is 1.79 bits per heavy atom. The van der Waals surface area contributed by atoms with Gasteiger partial charge in [0.05, 0.1) is 0 Å². The summed E-state index contributed by atoms with van der Waals surface area (Å²) in [5.41, 5.74) is 2.56.